The maximum Gasteiger partial charge on any atom is 0.338 e. The summed E-state index contributed by atoms with van der Waals surface area (Å²) in [5.41, 5.74) is 0.965. The SMILES string of the molecule is CCCCOC(=O)c1ccc(NC(=O)CO)cc1. The van der Waals surface area contributed by atoms with E-state index in [1.165, 1.54) is 0 Å². The Bertz CT molecular complexity index is 400. The van der Waals surface area contributed by atoms with Gasteiger partial charge in [-0.2, -0.15) is 0 Å². The lowest BCUT2D eigenvalue weighted by Crippen LogP contribution is -2.15. The van der Waals surface area contributed by atoms with Gasteiger partial charge in [0.2, 0.25) is 5.91 Å². The van der Waals surface area contributed by atoms with Crippen LogP contribution < -0.4 is 5.32 Å². The highest BCUT2D eigenvalue weighted by Crippen LogP contribution is 2.10. The van der Waals surface area contributed by atoms with Gasteiger partial charge >= 0.3 is 5.97 Å². The molecule has 0 unspecified atom stereocenters. The second-order valence-electron chi connectivity index (χ2n) is 3.77. The van der Waals surface area contributed by atoms with E-state index in [0.29, 0.717) is 17.9 Å². The average Bonchev–Trinajstić information content (AvgIpc) is 2.39. The molecule has 0 fully saturated rings. The monoisotopic (exact) mass is 251 g/mol. The van der Waals surface area contributed by atoms with E-state index >= 15 is 0 Å². The van der Waals surface area contributed by atoms with E-state index in [1.54, 1.807) is 24.3 Å². The zero-order valence-electron chi connectivity index (χ0n) is 10.3. The summed E-state index contributed by atoms with van der Waals surface area (Å²) >= 11 is 0. The number of nitrogens with one attached hydrogen (secondary N) is 1. The number of benzene rings is 1. The molecule has 1 rings (SSSR count). The molecule has 0 atom stereocenters. The molecule has 1 amide bonds. The van der Waals surface area contributed by atoms with Crippen molar-refractivity contribution in [1.82, 2.24) is 0 Å². The molecule has 0 spiro atoms. The normalized spacial score (nSPS) is 9.89. The standard InChI is InChI=1S/C13H17NO4/c1-2-3-8-18-13(17)10-4-6-11(7-5-10)14-12(16)9-15/h4-7,15H,2-3,8-9H2,1H3,(H,14,16). The summed E-state index contributed by atoms with van der Waals surface area (Å²) < 4.78 is 5.04. The molecule has 1 aromatic rings. The fraction of sp³-hybridized carbons (Fsp3) is 0.385. The Morgan fingerprint density at radius 3 is 2.50 bits per heavy atom. The van der Waals surface area contributed by atoms with Gasteiger partial charge in [0.05, 0.1) is 12.2 Å². The molecule has 0 aliphatic carbocycles. The Hall–Kier alpha value is -1.88. The third kappa shape index (κ3) is 4.55. The number of carbonyl (C=O) groups is 2. The molecule has 2 N–H and O–H groups in total. The van der Waals surface area contributed by atoms with E-state index in [0.717, 1.165) is 12.8 Å². The average molecular weight is 251 g/mol. The summed E-state index contributed by atoms with van der Waals surface area (Å²) in [6.45, 7) is 1.87. The topological polar surface area (TPSA) is 75.6 Å². The van der Waals surface area contributed by atoms with E-state index in [2.05, 4.69) is 5.32 Å². The van der Waals surface area contributed by atoms with Crippen LogP contribution in [0.15, 0.2) is 24.3 Å². The Morgan fingerprint density at radius 1 is 1.28 bits per heavy atom. The summed E-state index contributed by atoms with van der Waals surface area (Å²) in [5.74, 6) is -0.864. The van der Waals surface area contributed by atoms with Crippen molar-refractivity contribution in [1.29, 1.82) is 0 Å². The van der Waals surface area contributed by atoms with Crippen molar-refractivity contribution in [2.24, 2.45) is 0 Å². The molecular formula is C13H17NO4. The van der Waals surface area contributed by atoms with Gasteiger partial charge in [-0.05, 0) is 30.7 Å². The first kappa shape index (κ1) is 14.2. The first-order chi connectivity index (χ1) is 8.67. The van der Waals surface area contributed by atoms with Crippen molar-refractivity contribution in [2.75, 3.05) is 18.5 Å². The molecule has 1 aromatic carbocycles. The van der Waals surface area contributed by atoms with Crippen LogP contribution in [0.25, 0.3) is 0 Å². The summed E-state index contributed by atoms with van der Waals surface area (Å²) in [6, 6.07) is 6.32. The minimum absolute atomic E-state index is 0.372. The van der Waals surface area contributed by atoms with Gasteiger partial charge in [-0.1, -0.05) is 13.3 Å². The molecule has 0 aliphatic heterocycles. The van der Waals surface area contributed by atoms with Crippen LogP contribution in [0.4, 0.5) is 5.69 Å². The smallest absolute Gasteiger partial charge is 0.338 e. The minimum atomic E-state index is -0.569. The zero-order valence-corrected chi connectivity index (χ0v) is 10.3. The second kappa shape index (κ2) is 7.45. The Kier molecular flexibility index (Phi) is 5.87. The number of aliphatic hydroxyl groups excluding tert-OH is 1. The number of rotatable bonds is 6. The number of hydrogen-bond acceptors (Lipinski definition) is 4. The van der Waals surface area contributed by atoms with E-state index in [-0.39, 0.29) is 5.97 Å². The summed E-state index contributed by atoms with van der Waals surface area (Å²) in [5, 5.41) is 11.0. The van der Waals surface area contributed by atoms with Crippen LogP contribution in [0, 0.1) is 0 Å². The summed E-state index contributed by atoms with van der Waals surface area (Å²) in [6.07, 6.45) is 1.82. The van der Waals surface area contributed by atoms with E-state index < -0.39 is 12.5 Å². The van der Waals surface area contributed by atoms with Gasteiger partial charge in [-0.15, -0.1) is 0 Å². The molecule has 0 aromatic heterocycles. The molecule has 0 saturated heterocycles. The van der Waals surface area contributed by atoms with Crippen LogP contribution in [0.3, 0.4) is 0 Å². The van der Waals surface area contributed by atoms with Crippen molar-refractivity contribution in [3.8, 4) is 0 Å². The van der Waals surface area contributed by atoms with E-state index in [9.17, 15) is 9.59 Å². The van der Waals surface area contributed by atoms with Crippen molar-refractivity contribution >= 4 is 17.6 Å². The highest BCUT2D eigenvalue weighted by molar-refractivity contribution is 5.93. The number of aliphatic hydroxyl groups is 1. The number of anilines is 1. The lowest BCUT2D eigenvalue weighted by molar-refractivity contribution is -0.118. The van der Waals surface area contributed by atoms with Gasteiger partial charge in [0, 0.05) is 5.69 Å². The maximum absolute atomic E-state index is 11.6. The number of carbonyl (C=O) groups excluding carboxylic acids is 2. The van der Waals surface area contributed by atoms with Crippen LogP contribution in [0.5, 0.6) is 0 Å². The van der Waals surface area contributed by atoms with Crippen LogP contribution in [0.1, 0.15) is 30.1 Å². The number of amides is 1. The van der Waals surface area contributed by atoms with Crippen LogP contribution in [-0.2, 0) is 9.53 Å². The Balaban J connectivity index is 2.54. The Labute approximate surface area is 106 Å². The summed E-state index contributed by atoms with van der Waals surface area (Å²) in [7, 11) is 0. The minimum Gasteiger partial charge on any atom is -0.462 e. The van der Waals surface area contributed by atoms with Gasteiger partial charge in [0.25, 0.3) is 0 Å². The quantitative estimate of drug-likeness (QED) is 0.594. The molecule has 5 nitrogen and oxygen atoms in total. The third-order valence-electron chi connectivity index (χ3n) is 2.28. The number of esters is 1. The summed E-state index contributed by atoms with van der Waals surface area (Å²) in [4.78, 5) is 22.5. The Morgan fingerprint density at radius 2 is 1.94 bits per heavy atom. The molecule has 0 bridgehead atoms. The fourth-order valence-corrected chi connectivity index (χ4v) is 1.28. The van der Waals surface area contributed by atoms with Crippen molar-refractivity contribution in [3.05, 3.63) is 29.8 Å². The number of ether oxygens (including phenoxy) is 1. The molecule has 0 heterocycles. The number of unbranched alkanes of at least 4 members (excludes halogenated alkanes) is 1. The number of hydrogen-bond donors (Lipinski definition) is 2. The van der Waals surface area contributed by atoms with Crippen molar-refractivity contribution in [3.63, 3.8) is 0 Å². The molecule has 18 heavy (non-hydrogen) atoms. The first-order valence-electron chi connectivity index (χ1n) is 5.85. The lowest BCUT2D eigenvalue weighted by Gasteiger charge is -2.06. The van der Waals surface area contributed by atoms with Crippen LogP contribution in [0.2, 0.25) is 0 Å². The molecule has 98 valence electrons. The molecule has 0 radical (unpaired) electrons. The van der Waals surface area contributed by atoms with Gasteiger partial charge in [0.15, 0.2) is 0 Å². The van der Waals surface area contributed by atoms with Gasteiger partial charge in [-0.25, -0.2) is 4.79 Å². The van der Waals surface area contributed by atoms with Gasteiger partial charge in [-0.3, -0.25) is 4.79 Å². The van der Waals surface area contributed by atoms with Crippen LogP contribution in [-0.4, -0.2) is 30.2 Å². The maximum atomic E-state index is 11.6. The van der Waals surface area contributed by atoms with Gasteiger partial charge < -0.3 is 15.2 Å². The molecular weight excluding hydrogens is 234 g/mol. The van der Waals surface area contributed by atoms with Crippen molar-refractivity contribution < 1.29 is 19.4 Å². The third-order valence-corrected chi connectivity index (χ3v) is 2.28. The lowest BCUT2D eigenvalue weighted by atomic mass is 10.2. The molecule has 0 saturated carbocycles. The largest absolute Gasteiger partial charge is 0.462 e. The zero-order chi connectivity index (χ0) is 13.4. The fourth-order valence-electron chi connectivity index (χ4n) is 1.28. The predicted molar refractivity (Wildman–Crippen MR) is 67.3 cm³/mol. The molecule has 0 aliphatic rings. The second-order valence-corrected chi connectivity index (χ2v) is 3.77. The van der Waals surface area contributed by atoms with E-state index in [1.807, 2.05) is 6.92 Å². The van der Waals surface area contributed by atoms with Crippen molar-refractivity contribution in [2.45, 2.75) is 19.8 Å². The first-order valence-corrected chi connectivity index (χ1v) is 5.85. The van der Waals surface area contributed by atoms with E-state index in [4.69, 9.17) is 9.84 Å². The van der Waals surface area contributed by atoms with Crippen LogP contribution >= 0.6 is 0 Å². The van der Waals surface area contributed by atoms with Gasteiger partial charge in [0.1, 0.15) is 6.61 Å². The molecule has 5 heteroatoms. The highest BCUT2D eigenvalue weighted by atomic mass is 16.5. The highest BCUT2D eigenvalue weighted by Gasteiger charge is 2.07. The predicted octanol–water partition coefficient (Wildman–Crippen LogP) is 1.57.